The van der Waals surface area contributed by atoms with Crippen LogP contribution in [0.1, 0.15) is 25.8 Å². The molecule has 0 saturated carbocycles. The van der Waals surface area contributed by atoms with Crippen LogP contribution in [0.2, 0.25) is 0 Å². The Morgan fingerprint density at radius 3 is 2.63 bits per heavy atom. The second-order valence-electron chi connectivity index (χ2n) is 4.80. The summed E-state index contributed by atoms with van der Waals surface area (Å²) in [5.74, 6) is 0.801. The normalized spacial score (nSPS) is 13.8. The Morgan fingerprint density at radius 2 is 2.05 bits per heavy atom. The second kappa shape index (κ2) is 8.73. The fourth-order valence-electron chi connectivity index (χ4n) is 1.74. The summed E-state index contributed by atoms with van der Waals surface area (Å²) < 4.78 is 5.55. The van der Waals surface area contributed by atoms with Gasteiger partial charge in [0.2, 0.25) is 0 Å². The fourth-order valence-corrected chi connectivity index (χ4v) is 1.74. The van der Waals surface area contributed by atoms with Crippen molar-refractivity contribution in [3.8, 4) is 5.75 Å². The molecule has 0 aliphatic heterocycles. The van der Waals surface area contributed by atoms with Crippen LogP contribution in [0.25, 0.3) is 0 Å². The Hall–Kier alpha value is -1.32. The molecule has 106 valence electrons. The summed E-state index contributed by atoms with van der Waals surface area (Å²) in [7, 11) is 0. The van der Waals surface area contributed by atoms with Gasteiger partial charge in [0, 0.05) is 12.6 Å². The molecule has 0 saturated heterocycles. The minimum atomic E-state index is -0.502. The van der Waals surface area contributed by atoms with Gasteiger partial charge in [-0.1, -0.05) is 25.1 Å². The highest BCUT2D eigenvalue weighted by Crippen LogP contribution is 2.12. The van der Waals surface area contributed by atoms with Gasteiger partial charge < -0.3 is 15.2 Å². The summed E-state index contributed by atoms with van der Waals surface area (Å²) in [4.78, 5) is 0. The second-order valence-corrected chi connectivity index (χ2v) is 4.80. The number of rotatable bonds is 9. The molecule has 0 radical (unpaired) electrons. The predicted octanol–water partition coefficient (Wildman–Crippen LogP) is 2.54. The van der Waals surface area contributed by atoms with E-state index in [0.29, 0.717) is 19.2 Å². The molecular weight excluding hydrogens is 238 g/mol. The van der Waals surface area contributed by atoms with Crippen LogP contribution in [0.5, 0.6) is 5.75 Å². The van der Waals surface area contributed by atoms with Crippen molar-refractivity contribution in [2.24, 2.45) is 0 Å². The van der Waals surface area contributed by atoms with Gasteiger partial charge in [0.15, 0.2) is 0 Å². The molecule has 0 spiro atoms. The van der Waals surface area contributed by atoms with E-state index in [4.69, 9.17) is 4.74 Å². The summed E-state index contributed by atoms with van der Waals surface area (Å²) in [5, 5.41) is 13.1. The van der Waals surface area contributed by atoms with Crippen LogP contribution in [0, 0.1) is 0 Å². The molecule has 0 bridgehead atoms. The highest BCUT2D eigenvalue weighted by Gasteiger charge is 2.07. The Bertz CT molecular complexity index is 362. The molecule has 2 atom stereocenters. The number of aliphatic hydroxyl groups is 1. The van der Waals surface area contributed by atoms with Crippen LogP contribution in [-0.2, 0) is 6.42 Å². The maximum absolute atomic E-state index is 9.82. The van der Waals surface area contributed by atoms with E-state index in [9.17, 15) is 5.11 Å². The van der Waals surface area contributed by atoms with Crippen molar-refractivity contribution in [1.29, 1.82) is 0 Å². The lowest BCUT2D eigenvalue weighted by Gasteiger charge is -2.16. The Balaban J connectivity index is 2.25. The molecule has 2 N–H and O–H groups in total. The molecule has 1 rings (SSSR count). The summed E-state index contributed by atoms with van der Waals surface area (Å²) in [6, 6.07) is 8.31. The monoisotopic (exact) mass is 263 g/mol. The molecule has 1 aromatic rings. The van der Waals surface area contributed by atoms with Gasteiger partial charge in [-0.3, -0.25) is 0 Å². The van der Waals surface area contributed by atoms with Crippen LogP contribution in [-0.4, -0.2) is 30.4 Å². The Kier molecular flexibility index (Phi) is 7.23. The van der Waals surface area contributed by atoms with E-state index >= 15 is 0 Å². The van der Waals surface area contributed by atoms with E-state index in [1.54, 1.807) is 0 Å². The maximum atomic E-state index is 9.82. The van der Waals surface area contributed by atoms with Gasteiger partial charge in [0.05, 0.1) is 0 Å². The van der Waals surface area contributed by atoms with Crippen LogP contribution in [0.3, 0.4) is 0 Å². The fraction of sp³-hybridized carbons (Fsp3) is 0.500. The molecule has 0 heterocycles. The highest BCUT2D eigenvalue weighted by atomic mass is 16.5. The van der Waals surface area contributed by atoms with Gasteiger partial charge in [-0.15, -0.1) is 6.58 Å². The van der Waals surface area contributed by atoms with Crippen LogP contribution in [0.4, 0.5) is 0 Å². The number of aryl methyl sites for hydroxylation is 1. The average Bonchev–Trinajstić information content (AvgIpc) is 2.44. The summed E-state index contributed by atoms with van der Waals surface area (Å²) in [5.41, 5.74) is 1.29. The highest BCUT2D eigenvalue weighted by molar-refractivity contribution is 5.27. The lowest BCUT2D eigenvalue weighted by molar-refractivity contribution is 0.104. The predicted molar refractivity (Wildman–Crippen MR) is 79.6 cm³/mol. The molecule has 19 heavy (non-hydrogen) atoms. The molecule has 0 aromatic heterocycles. The number of nitrogens with one attached hydrogen (secondary N) is 1. The first-order chi connectivity index (χ1) is 9.15. The largest absolute Gasteiger partial charge is 0.491 e. The van der Waals surface area contributed by atoms with Gasteiger partial charge in [-0.05, 0) is 37.5 Å². The van der Waals surface area contributed by atoms with Crippen molar-refractivity contribution < 1.29 is 9.84 Å². The molecular formula is C16H25NO2. The number of hydrogen-bond acceptors (Lipinski definition) is 3. The first-order valence-corrected chi connectivity index (χ1v) is 6.89. The molecule has 3 nitrogen and oxygen atoms in total. The number of ether oxygens (including phenoxy) is 1. The lowest BCUT2D eigenvalue weighted by Crippen LogP contribution is -2.36. The number of hydrogen-bond donors (Lipinski definition) is 2. The molecule has 0 amide bonds. The van der Waals surface area contributed by atoms with Gasteiger partial charge >= 0.3 is 0 Å². The van der Waals surface area contributed by atoms with Crippen molar-refractivity contribution in [1.82, 2.24) is 5.32 Å². The van der Waals surface area contributed by atoms with Crippen molar-refractivity contribution >= 4 is 0 Å². The third kappa shape index (κ3) is 6.41. The van der Waals surface area contributed by atoms with Crippen molar-refractivity contribution in [2.75, 3.05) is 13.2 Å². The van der Waals surface area contributed by atoms with Crippen LogP contribution >= 0.6 is 0 Å². The minimum absolute atomic E-state index is 0.305. The van der Waals surface area contributed by atoms with Crippen molar-refractivity contribution in [3.05, 3.63) is 42.5 Å². The first kappa shape index (κ1) is 15.7. The van der Waals surface area contributed by atoms with Gasteiger partial charge in [-0.2, -0.15) is 0 Å². The zero-order valence-corrected chi connectivity index (χ0v) is 11.9. The minimum Gasteiger partial charge on any atom is -0.491 e. The third-order valence-electron chi connectivity index (χ3n) is 3.00. The van der Waals surface area contributed by atoms with E-state index in [-0.39, 0.29) is 0 Å². The molecule has 0 fully saturated rings. The van der Waals surface area contributed by atoms with E-state index in [0.717, 1.165) is 18.6 Å². The topological polar surface area (TPSA) is 41.5 Å². The van der Waals surface area contributed by atoms with E-state index in [2.05, 4.69) is 25.7 Å². The zero-order valence-electron chi connectivity index (χ0n) is 11.9. The number of aliphatic hydroxyl groups excluding tert-OH is 1. The average molecular weight is 263 g/mol. The smallest absolute Gasteiger partial charge is 0.119 e. The zero-order chi connectivity index (χ0) is 14.1. The van der Waals surface area contributed by atoms with Gasteiger partial charge in [0.1, 0.15) is 18.5 Å². The number of benzene rings is 1. The third-order valence-corrected chi connectivity index (χ3v) is 3.00. The molecule has 0 aliphatic carbocycles. The van der Waals surface area contributed by atoms with Gasteiger partial charge in [0.25, 0.3) is 0 Å². The summed E-state index contributed by atoms with van der Waals surface area (Å²) >= 11 is 0. The molecule has 3 heteroatoms. The van der Waals surface area contributed by atoms with E-state index in [1.807, 2.05) is 30.3 Å². The summed E-state index contributed by atoms with van der Waals surface area (Å²) in [6.45, 7) is 8.71. The molecule has 2 unspecified atom stereocenters. The molecule has 0 aliphatic rings. The van der Waals surface area contributed by atoms with E-state index < -0.39 is 6.10 Å². The first-order valence-electron chi connectivity index (χ1n) is 6.89. The Labute approximate surface area is 116 Å². The Morgan fingerprint density at radius 1 is 1.37 bits per heavy atom. The van der Waals surface area contributed by atoms with Gasteiger partial charge in [-0.25, -0.2) is 0 Å². The lowest BCUT2D eigenvalue weighted by atomic mass is 10.2. The van der Waals surface area contributed by atoms with Crippen molar-refractivity contribution in [2.45, 2.75) is 38.8 Å². The van der Waals surface area contributed by atoms with Crippen LogP contribution < -0.4 is 10.1 Å². The van der Waals surface area contributed by atoms with Crippen molar-refractivity contribution in [3.63, 3.8) is 0 Å². The van der Waals surface area contributed by atoms with E-state index in [1.165, 1.54) is 5.56 Å². The summed E-state index contributed by atoms with van der Waals surface area (Å²) in [6.07, 6.45) is 3.29. The maximum Gasteiger partial charge on any atom is 0.119 e. The quantitative estimate of drug-likeness (QED) is 0.673. The SMILES string of the molecule is C=CCC(C)NCC(O)COc1ccc(CC)cc1. The van der Waals surface area contributed by atoms with Crippen LogP contribution in [0.15, 0.2) is 36.9 Å². The standard InChI is InChI=1S/C16H25NO2/c1-4-6-13(3)17-11-15(18)12-19-16-9-7-14(5-2)8-10-16/h4,7-10,13,15,17-18H,1,5-6,11-12H2,2-3H3. The molecule has 1 aromatic carbocycles.